The maximum Gasteiger partial charge on any atom is 0.304 e. The highest BCUT2D eigenvalue weighted by Gasteiger charge is 2.17. The molecule has 0 aromatic heterocycles. The van der Waals surface area contributed by atoms with Crippen molar-refractivity contribution in [3.05, 3.63) is 0 Å². The Morgan fingerprint density at radius 1 is 1.43 bits per heavy atom. The lowest BCUT2D eigenvalue weighted by molar-refractivity contribution is -0.136. The fourth-order valence-corrected chi connectivity index (χ4v) is 0.179. The molecule has 80 valence electrons. The molecule has 0 rings (SSSR count). The first-order chi connectivity index (χ1) is 6.21. The molecule has 14 heavy (non-hydrogen) atoms. The number of terminal acetylenes is 1. The van der Waals surface area contributed by atoms with E-state index in [2.05, 4.69) is 5.92 Å². The van der Waals surface area contributed by atoms with Crippen LogP contribution in [0.5, 0.6) is 0 Å². The van der Waals surface area contributed by atoms with Crippen molar-refractivity contribution in [2.75, 3.05) is 0 Å². The van der Waals surface area contributed by atoms with Gasteiger partial charge in [-0.05, 0) is 11.6 Å². The summed E-state index contributed by atoms with van der Waals surface area (Å²) in [6.07, 6.45) is 5.17. The summed E-state index contributed by atoms with van der Waals surface area (Å²) in [6.45, 7) is 5.34. The minimum atomic E-state index is -0.835. The number of carboxylic acids is 1. The predicted octanol–water partition coefficient (Wildman–Crippen LogP) is 2.28. The van der Waals surface area contributed by atoms with E-state index in [0.29, 0.717) is 6.42 Å². The molecule has 0 radical (unpaired) electrons. The number of halogens is 1. The molecule has 0 unspecified atom stereocenters. The van der Waals surface area contributed by atoms with Crippen LogP contribution in [0.25, 0.3) is 0 Å². The summed E-state index contributed by atoms with van der Waals surface area (Å²) in [5, 5.41) is 7.66. The quantitative estimate of drug-likeness (QED) is 0.572. The number of carbonyl (C=O) groups excluding carboxylic acids is 1. The fourth-order valence-electron chi connectivity index (χ4n) is 0.179. The topological polar surface area (TPSA) is 54.4 Å². The first-order valence-corrected chi connectivity index (χ1v) is 4.44. The zero-order chi connectivity index (χ0) is 11.8. The molecule has 0 fully saturated rings. The van der Waals surface area contributed by atoms with Crippen molar-refractivity contribution in [3.8, 4) is 12.3 Å². The van der Waals surface area contributed by atoms with E-state index in [9.17, 15) is 9.59 Å². The summed E-state index contributed by atoms with van der Waals surface area (Å²) in [5.74, 6) is 1.38. The van der Waals surface area contributed by atoms with Gasteiger partial charge in [0.25, 0.3) is 0 Å². The van der Waals surface area contributed by atoms with Crippen molar-refractivity contribution in [3.63, 3.8) is 0 Å². The third kappa shape index (κ3) is 13.6. The minimum absolute atomic E-state index is 0.0799. The van der Waals surface area contributed by atoms with Gasteiger partial charge in [0.2, 0.25) is 5.24 Å². The lowest BCUT2D eigenvalue weighted by Gasteiger charge is -2.08. The smallest absolute Gasteiger partial charge is 0.304 e. The molecule has 0 saturated carbocycles. The Morgan fingerprint density at radius 2 is 1.79 bits per heavy atom. The van der Waals surface area contributed by atoms with Crippen LogP contribution in [0.4, 0.5) is 0 Å². The molecule has 1 N–H and O–H groups in total. The number of carboxylic acid groups (broad SMARTS) is 1. The minimum Gasteiger partial charge on any atom is -0.481 e. The van der Waals surface area contributed by atoms with Gasteiger partial charge >= 0.3 is 5.97 Å². The summed E-state index contributed by atoms with van der Waals surface area (Å²) >= 11 is 5.11. The van der Waals surface area contributed by atoms with Gasteiger partial charge in [-0.2, -0.15) is 0 Å². The summed E-state index contributed by atoms with van der Waals surface area (Å²) in [6, 6.07) is 0. The summed E-state index contributed by atoms with van der Waals surface area (Å²) in [7, 11) is 0. The molecule has 0 heterocycles. The van der Waals surface area contributed by atoms with Crippen molar-refractivity contribution in [2.45, 2.75) is 33.6 Å². The van der Waals surface area contributed by atoms with Crippen LogP contribution in [0.2, 0.25) is 0 Å². The third-order valence-corrected chi connectivity index (χ3v) is 1.64. The first-order valence-electron chi connectivity index (χ1n) is 4.07. The van der Waals surface area contributed by atoms with Gasteiger partial charge in [-0.25, -0.2) is 0 Å². The second kappa shape index (κ2) is 7.40. The van der Waals surface area contributed by atoms with E-state index in [4.69, 9.17) is 23.1 Å². The predicted molar refractivity (Wildman–Crippen MR) is 56.0 cm³/mol. The average Bonchev–Trinajstić information content (AvgIpc) is 2.00. The molecule has 0 spiro atoms. The second-order valence-electron chi connectivity index (χ2n) is 3.62. The Morgan fingerprint density at radius 3 is 1.86 bits per heavy atom. The van der Waals surface area contributed by atoms with Crippen LogP contribution in [0.3, 0.4) is 0 Å². The van der Waals surface area contributed by atoms with Gasteiger partial charge < -0.3 is 5.11 Å². The van der Waals surface area contributed by atoms with Gasteiger partial charge in [-0.3, -0.25) is 9.59 Å². The third-order valence-electron chi connectivity index (χ3n) is 1.07. The van der Waals surface area contributed by atoms with Crippen LogP contribution in [0, 0.1) is 17.8 Å². The number of aliphatic carboxylic acids is 1. The highest BCUT2D eigenvalue weighted by molar-refractivity contribution is 6.64. The molecule has 0 aromatic carbocycles. The van der Waals surface area contributed by atoms with Crippen LogP contribution in [-0.2, 0) is 9.59 Å². The molecular formula is C10H15ClO3. The molecule has 0 atom stereocenters. The number of hydrogen-bond acceptors (Lipinski definition) is 2. The van der Waals surface area contributed by atoms with Crippen molar-refractivity contribution in [2.24, 2.45) is 5.41 Å². The van der Waals surface area contributed by atoms with Crippen molar-refractivity contribution in [1.29, 1.82) is 0 Å². The highest BCUT2D eigenvalue weighted by Crippen LogP contribution is 2.15. The number of rotatable bonds is 2. The normalized spacial score (nSPS) is 9.36. The van der Waals surface area contributed by atoms with Crippen LogP contribution >= 0.6 is 11.6 Å². The molecule has 0 amide bonds. The Bertz CT molecular complexity index is 233. The van der Waals surface area contributed by atoms with Gasteiger partial charge in [0.1, 0.15) is 0 Å². The van der Waals surface area contributed by atoms with Crippen LogP contribution in [0.15, 0.2) is 0 Å². The van der Waals surface area contributed by atoms with E-state index in [1.54, 1.807) is 20.8 Å². The molecule has 0 saturated heterocycles. The molecule has 0 aliphatic rings. The van der Waals surface area contributed by atoms with Crippen molar-refractivity contribution < 1.29 is 14.7 Å². The SMILES string of the molecule is C#CCCC(=O)O.CC(C)(C)C(=O)Cl. The highest BCUT2D eigenvalue weighted by atomic mass is 35.5. The van der Waals surface area contributed by atoms with Crippen molar-refractivity contribution >= 4 is 22.8 Å². The summed E-state index contributed by atoms with van der Waals surface area (Å²) < 4.78 is 0. The van der Waals surface area contributed by atoms with E-state index in [1.165, 1.54) is 0 Å². The Hall–Kier alpha value is -1.01. The molecular weight excluding hydrogens is 204 g/mol. The van der Waals surface area contributed by atoms with E-state index in [0.717, 1.165) is 0 Å². The zero-order valence-corrected chi connectivity index (χ0v) is 9.39. The summed E-state index contributed by atoms with van der Waals surface area (Å²) in [4.78, 5) is 19.9. The molecule has 0 aliphatic carbocycles. The fraction of sp³-hybridized carbons (Fsp3) is 0.600. The van der Waals surface area contributed by atoms with Gasteiger partial charge in [-0.1, -0.05) is 20.8 Å². The Kier molecular flexibility index (Phi) is 8.17. The zero-order valence-electron chi connectivity index (χ0n) is 8.63. The Labute approximate surface area is 89.4 Å². The largest absolute Gasteiger partial charge is 0.481 e. The maximum atomic E-state index is 10.2. The molecule has 4 heteroatoms. The summed E-state index contributed by atoms with van der Waals surface area (Å²) in [5.41, 5.74) is -0.373. The van der Waals surface area contributed by atoms with Crippen molar-refractivity contribution in [1.82, 2.24) is 0 Å². The van der Waals surface area contributed by atoms with E-state index in [1.807, 2.05) is 0 Å². The van der Waals surface area contributed by atoms with Gasteiger partial charge in [0.05, 0.1) is 6.42 Å². The molecule has 0 aromatic rings. The Balaban J connectivity index is 0. The van der Waals surface area contributed by atoms with E-state index >= 15 is 0 Å². The molecule has 0 bridgehead atoms. The van der Waals surface area contributed by atoms with E-state index in [-0.39, 0.29) is 17.1 Å². The number of carbonyl (C=O) groups is 2. The standard InChI is InChI=1S/C5H9ClO.C5H6O2/c1-5(2,3)4(6)7;1-2-3-4-5(6)7/h1-3H3;1H,3-4H2,(H,6,7). The van der Waals surface area contributed by atoms with Gasteiger partial charge in [0, 0.05) is 11.8 Å². The van der Waals surface area contributed by atoms with Crippen LogP contribution in [-0.4, -0.2) is 16.3 Å². The second-order valence-corrected chi connectivity index (χ2v) is 3.96. The van der Waals surface area contributed by atoms with Crippen LogP contribution < -0.4 is 0 Å². The molecule has 0 aliphatic heterocycles. The number of hydrogen-bond donors (Lipinski definition) is 1. The van der Waals surface area contributed by atoms with Crippen LogP contribution in [0.1, 0.15) is 33.6 Å². The van der Waals surface area contributed by atoms with Gasteiger partial charge in [-0.15, -0.1) is 12.3 Å². The first kappa shape index (κ1) is 15.5. The average molecular weight is 219 g/mol. The van der Waals surface area contributed by atoms with Gasteiger partial charge in [0.15, 0.2) is 0 Å². The lowest BCUT2D eigenvalue weighted by Crippen LogP contribution is -2.13. The van der Waals surface area contributed by atoms with E-state index < -0.39 is 5.97 Å². The molecule has 3 nitrogen and oxygen atoms in total. The lowest BCUT2D eigenvalue weighted by atomic mass is 10.00. The maximum absolute atomic E-state index is 10.2. The monoisotopic (exact) mass is 218 g/mol.